The van der Waals surface area contributed by atoms with Crippen LogP contribution in [0.25, 0.3) is 0 Å². The molecule has 6 nitrogen and oxygen atoms in total. The van der Waals surface area contributed by atoms with E-state index in [9.17, 15) is 4.79 Å². The summed E-state index contributed by atoms with van der Waals surface area (Å²) >= 11 is 0. The van der Waals surface area contributed by atoms with Crippen LogP contribution in [-0.2, 0) is 16.1 Å². The van der Waals surface area contributed by atoms with Crippen molar-refractivity contribution in [2.24, 2.45) is 5.92 Å². The summed E-state index contributed by atoms with van der Waals surface area (Å²) in [6, 6.07) is 0. The number of carbonyl (C=O) groups excluding carboxylic acids is 1. The van der Waals surface area contributed by atoms with Crippen LogP contribution in [0.1, 0.15) is 57.6 Å². The van der Waals surface area contributed by atoms with Gasteiger partial charge in [-0.1, -0.05) is 26.7 Å². The topological polar surface area (TPSA) is 79.9 Å². The monoisotopic (exact) mass is 294 g/mol. The second kappa shape index (κ2) is 7.54. The van der Waals surface area contributed by atoms with Gasteiger partial charge in [0.2, 0.25) is 5.91 Å². The highest BCUT2D eigenvalue weighted by Gasteiger charge is 2.25. The number of ether oxygens (including phenoxy) is 1. The van der Waals surface area contributed by atoms with E-state index in [1.807, 2.05) is 13.8 Å². The Kier molecular flexibility index (Phi) is 5.73. The van der Waals surface area contributed by atoms with Crippen LogP contribution in [0.4, 0.5) is 0 Å². The first-order valence-electron chi connectivity index (χ1n) is 7.89. The standard InChI is InChI=1S/C15H26N4O2/c1-4-13(21-12-7-5-6-10(2)8-12)15(20)16-9-14-17-11(3)18-19-14/h10,12-13H,4-9H2,1-3H3,(H,16,20)(H,17,18,19)/t10-,12+,13-/m0/s1. The average Bonchev–Trinajstić information content (AvgIpc) is 2.88. The molecule has 2 rings (SSSR count). The third-order valence-electron chi connectivity index (χ3n) is 3.97. The van der Waals surface area contributed by atoms with E-state index in [0.717, 1.165) is 18.7 Å². The summed E-state index contributed by atoms with van der Waals surface area (Å²) in [6.07, 6.45) is 5.12. The van der Waals surface area contributed by atoms with Gasteiger partial charge in [0.15, 0.2) is 5.82 Å². The van der Waals surface area contributed by atoms with Crippen molar-refractivity contribution in [1.29, 1.82) is 0 Å². The molecule has 6 heteroatoms. The number of aryl methyl sites for hydroxylation is 1. The van der Waals surface area contributed by atoms with Crippen molar-refractivity contribution < 1.29 is 9.53 Å². The van der Waals surface area contributed by atoms with Crippen LogP contribution in [0, 0.1) is 12.8 Å². The van der Waals surface area contributed by atoms with E-state index in [-0.39, 0.29) is 18.1 Å². The zero-order valence-electron chi connectivity index (χ0n) is 13.2. The van der Waals surface area contributed by atoms with Crippen LogP contribution < -0.4 is 5.32 Å². The Hall–Kier alpha value is -1.43. The Morgan fingerprint density at radius 3 is 2.95 bits per heavy atom. The Labute approximate surface area is 126 Å². The summed E-state index contributed by atoms with van der Waals surface area (Å²) in [5.41, 5.74) is 0. The second-order valence-electron chi connectivity index (χ2n) is 5.98. The predicted molar refractivity (Wildman–Crippen MR) is 79.6 cm³/mol. The van der Waals surface area contributed by atoms with Gasteiger partial charge in [-0.15, -0.1) is 0 Å². The number of hydrogen-bond donors (Lipinski definition) is 2. The maximum Gasteiger partial charge on any atom is 0.249 e. The molecule has 1 fully saturated rings. The Morgan fingerprint density at radius 2 is 2.33 bits per heavy atom. The van der Waals surface area contributed by atoms with Crippen molar-refractivity contribution in [1.82, 2.24) is 20.5 Å². The maximum atomic E-state index is 12.2. The lowest BCUT2D eigenvalue weighted by Gasteiger charge is -2.29. The molecule has 1 aliphatic carbocycles. The van der Waals surface area contributed by atoms with E-state index in [1.54, 1.807) is 0 Å². The third kappa shape index (κ3) is 4.81. The summed E-state index contributed by atoms with van der Waals surface area (Å²) in [5, 5.41) is 9.62. The van der Waals surface area contributed by atoms with E-state index >= 15 is 0 Å². The van der Waals surface area contributed by atoms with Crippen molar-refractivity contribution in [3.63, 3.8) is 0 Å². The summed E-state index contributed by atoms with van der Waals surface area (Å²) in [5.74, 6) is 1.97. The fourth-order valence-electron chi connectivity index (χ4n) is 2.83. The van der Waals surface area contributed by atoms with Gasteiger partial charge in [0, 0.05) is 0 Å². The molecule has 2 N–H and O–H groups in total. The van der Waals surface area contributed by atoms with Crippen molar-refractivity contribution in [3.8, 4) is 0 Å². The molecule has 0 unspecified atom stereocenters. The van der Waals surface area contributed by atoms with E-state index in [4.69, 9.17) is 4.74 Å². The summed E-state index contributed by atoms with van der Waals surface area (Å²) in [7, 11) is 0. The Bertz CT molecular complexity index is 460. The molecule has 1 aromatic rings. The van der Waals surface area contributed by atoms with Crippen LogP contribution in [0.5, 0.6) is 0 Å². The van der Waals surface area contributed by atoms with Crippen LogP contribution in [0.3, 0.4) is 0 Å². The molecular formula is C15H26N4O2. The molecule has 3 atom stereocenters. The van der Waals surface area contributed by atoms with E-state index in [0.29, 0.717) is 24.7 Å². The normalized spacial score (nSPS) is 23.8. The molecule has 21 heavy (non-hydrogen) atoms. The molecule has 1 aromatic heterocycles. The third-order valence-corrected chi connectivity index (χ3v) is 3.97. The first-order chi connectivity index (χ1) is 10.1. The van der Waals surface area contributed by atoms with Crippen molar-refractivity contribution in [3.05, 3.63) is 11.6 Å². The number of nitrogens with zero attached hydrogens (tertiary/aromatic N) is 2. The number of aromatic nitrogens is 3. The van der Waals surface area contributed by atoms with Gasteiger partial charge in [-0.25, -0.2) is 4.98 Å². The first kappa shape index (κ1) is 15.9. The quantitative estimate of drug-likeness (QED) is 0.842. The molecule has 118 valence electrons. The zero-order chi connectivity index (χ0) is 15.2. The summed E-state index contributed by atoms with van der Waals surface area (Å²) in [6.45, 7) is 6.40. The predicted octanol–water partition coefficient (Wildman–Crippen LogP) is 2.10. The van der Waals surface area contributed by atoms with Gasteiger partial charge in [0.25, 0.3) is 0 Å². The molecule has 0 bridgehead atoms. The van der Waals surface area contributed by atoms with Gasteiger partial charge >= 0.3 is 0 Å². The summed E-state index contributed by atoms with van der Waals surface area (Å²) in [4.78, 5) is 16.4. The largest absolute Gasteiger partial charge is 0.365 e. The van der Waals surface area contributed by atoms with E-state index in [2.05, 4.69) is 27.4 Å². The lowest BCUT2D eigenvalue weighted by atomic mass is 9.88. The first-order valence-corrected chi connectivity index (χ1v) is 7.89. The molecule has 0 aliphatic heterocycles. The van der Waals surface area contributed by atoms with Crippen LogP contribution in [0.2, 0.25) is 0 Å². The SMILES string of the molecule is CC[C@H](O[C@@H]1CCC[C@H](C)C1)C(=O)NCc1n[nH]c(C)n1. The number of nitrogens with one attached hydrogen (secondary N) is 2. The highest BCUT2D eigenvalue weighted by Crippen LogP contribution is 2.26. The zero-order valence-corrected chi connectivity index (χ0v) is 13.2. The minimum Gasteiger partial charge on any atom is -0.365 e. The van der Waals surface area contributed by atoms with Gasteiger partial charge in [-0.2, -0.15) is 5.10 Å². The van der Waals surface area contributed by atoms with E-state index in [1.165, 1.54) is 12.8 Å². The molecule has 0 spiro atoms. The number of hydrogen-bond acceptors (Lipinski definition) is 4. The second-order valence-corrected chi connectivity index (χ2v) is 5.98. The minimum atomic E-state index is -0.375. The molecule has 1 aliphatic rings. The maximum absolute atomic E-state index is 12.2. The number of H-pyrrole nitrogens is 1. The highest BCUT2D eigenvalue weighted by molar-refractivity contribution is 5.80. The molecule has 0 saturated heterocycles. The smallest absolute Gasteiger partial charge is 0.249 e. The summed E-state index contributed by atoms with van der Waals surface area (Å²) < 4.78 is 6.01. The number of aromatic amines is 1. The Balaban J connectivity index is 1.80. The number of carbonyl (C=O) groups is 1. The van der Waals surface area contributed by atoms with Crippen molar-refractivity contribution in [2.75, 3.05) is 0 Å². The van der Waals surface area contributed by atoms with Crippen LogP contribution in [0.15, 0.2) is 0 Å². The van der Waals surface area contributed by atoms with Gasteiger partial charge in [-0.05, 0) is 32.1 Å². The minimum absolute atomic E-state index is 0.0711. The van der Waals surface area contributed by atoms with Gasteiger partial charge in [0.05, 0.1) is 12.6 Å². The lowest BCUT2D eigenvalue weighted by Crippen LogP contribution is -2.39. The fourth-order valence-corrected chi connectivity index (χ4v) is 2.83. The van der Waals surface area contributed by atoms with Gasteiger partial charge in [-0.3, -0.25) is 9.89 Å². The molecule has 1 saturated carbocycles. The van der Waals surface area contributed by atoms with Gasteiger partial charge in [0.1, 0.15) is 11.9 Å². The molecule has 0 radical (unpaired) electrons. The fraction of sp³-hybridized carbons (Fsp3) is 0.800. The molecule has 1 heterocycles. The Morgan fingerprint density at radius 1 is 1.52 bits per heavy atom. The molecule has 0 aromatic carbocycles. The lowest BCUT2D eigenvalue weighted by molar-refractivity contribution is -0.139. The van der Waals surface area contributed by atoms with Gasteiger partial charge < -0.3 is 10.1 Å². The van der Waals surface area contributed by atoms with Crippen LogP contribution in [-0.4, -0.2) is 33.3 Å². The van der Waals surface area contributed by atoms with Crippen LogP contribution >= 0.6 is 0 Å². The molecule has 1 amide bonds. The number of amides is 1. The average molecular weight is 294 g/mol. The molecular weight excluding hydrogens is 268 g/mol. The number of rotatable bonds is 6. The van der Waals surface area contributed by atoms with Crippen molar-refractivity contribution in [2.45, 2.75) is 71.6 Å². The van der Waals surface area contributed by atoms with Crippen molar-refractivity contribution >= 4 is 5.91 Å². The highest BCUT2D eigenvalue weighted by atomic mass is 16.5. The van der Waals surface area contributed by atoms with E-state index < -0.39 is 0 Å².